The highest BCUT2D eigenvalue weighted by molar-refractivity contribution is 5.80. The fourth-order valence-corrected chi connectivity index (χ4v) is 3.22. The second-order valence-electron chi connectivity index (χ2n) is 6.54. The SMILES string of the molecule is CC[C@H](C)COC(=O)C1[C@H](c2ccccc2)[C@H]1c1ccccc1. The van der Waals surface area contributed by atoms with E-state index in [9.17, 15) is 4.79 Å². The van der Waals surface area contributed by atoms with Crippen molar-refractivity contribution in [1.82, 2.24) is 0 Å². The predicted molar refractivity (Wildman–Crippen MR) is 92.3 cm³/mol. The number of carbonyl (C=O) groups is 1. The highest BCUT2D eigenvalue weighted by Gasteiger charge is 2.57. The lowest BCUT2D eigenvalue weighted by atomic mass is 10.0. The Labute approximate surface area is 138 Å². The molecule has 0 aromatic heterocycles. The molecule has 23 heavy (non-hydrogen) atoms. The third-order valence-corrected chi connectivity index (χ3v) is 4.87. The number of rotatable bonds is 6. The molecule has 2 aromatic carbocycles. The van der Waals surface area contributed by atoms with Crippen molar-refractivity contribution in [1.29, 1.82) is 0 Å². The Bertz CT molecular complexity index is 590. The Morgan fingerprint density at radius 1 is 0.957 bits per heavy atom. The van der Waals surface area contributed by atoms with Crippen molar-refractivity contribution in [2.75, 3.05) is 6.61 Å². The molecule has 2 aromatic rings. The Morgan fingerprint density at radius 2 is 1.43 bits per heavy atom. The molecule has 2 heteroatoms. The van der Waals surface area contributed by atoms with E-state index in [1.165, 1.54) is 11.1 Å². The molecule has 2 nitrogen and oxygen atoms in total. The van der Waals surface area contributed by atoms with Crippen LogP contribution in [-0.4, -0.2) is 12.6 Å². The van der Waals surface area contributed by atoms with Crippen molar-refractivity contribution in [3.05, 3.63) is 71.8 Å². The number of benzene rings is 2. The fraction of sp³-hybridized carbons (Fsp3) is 0.381. The van der Waals surface area contributed by atoms with Crippen molar-refractivity contribution >= 4 is 5.97 Å². The molecular formula is C21H24O2. The van der Waals surface area contributed by atoms with Gasteiger partial charge in [-0.15, -0.1) is 0 Å². The number of esters is 1. The smallest absolute Gasteiger partial charge is 0.310 e. The summed E-state index contributed by atoms with van der Waals surface area (Å²) in [7, 11) is 0. The van der Waals surface area contributed by atoms with Gasteiger partial charge in [0.25, 0.3) is 0 Å². The van der Waals surface area contributed by atoms with Gasteiger partial charge in [0.2, 0.25) is 0 Å². The van der Waals surface area contributed by atoms with Gasteiger partial charge in [-0.2, -0.15) is 0 Å². The van der Waals surface area contributed by atoms with Crippen LogP contribution in [0.2, 0.25) is 0 Å². The molecule has 0 amide bonds. The first-order chi connectivity index (χ1) is 11.2. The van der Waals surface area contributed by atoms with Gasteiger partial charge in [-0.25, -0.2) is 0 Å². The first-order valence-electron chi connectivity index (χ1n) is 8.49. The quantitative estimate of drug-likeness (QED) is 0.718. The molecule has 1 saturated carbocycles. The first-order valence-corrected chi connectivity index (χ1v) is 8.49. The van der Waals surface area contributed by atoms with E-state index in [2.05, 4.69) is 38.1 Å². The molecule has 1 aliphatic carbocycles. The van der Waals surface area contributed by atoms with Crippen molar-refractivity contribution < 1.29 is 9.53 Å². The summed E-state index contributed by atoms with van der Waals surface area (Å²) in [6.45, 7) is 4.76. The predicted octanol–water partition coefficient (Wildman–Crippen LogP) is 4.77. The average molecular weight is 308 g/mol. The molecule has 1 fully saturated rings. The Hall–Kier alpha value is -2.09. The molecule has 0 saturated heterocycles. The summed E-state index contributed by atoms with van der Waals surface area (Å²) >= 11 is 0. The van der Waals surface area contributed by atoms with Crippen LogP contribution in [0.25, 0.3) is 0 Å². The van der Waals surface area contributed by atoms with E-state index in [1.54, 1.807) is 0 Å². The van der Waals surface area contributed by atoms with Gasteiger partial charge >= 0.3 is 5.97 Å². The number of hydrogen-bond acceptors (Lipinski definition) is 2. The molecule has 1 aliphatic rings. The first kappa shape index (κ1) is 15.8. The minimum atomic E-state index is -0.0520. The second kappa shape index (κ2) is 6.99. The van der Waals surface area contributed by atoms with E-state index in [0.717, 1.165) is 6.42 Å². The van der Waals surface area contributed by atoms with E-state index in [4.69, 9.17) is 4.74 Å². The minimum absolute atomic E-state index is 0.0481. The van der Waals surface area contributed by atoms with Crippen LogP contribution in [0.5, 0.6) is 0 Å². The zero-order valence-electron chi connectivity index (χ0n) is 13.8. The van der Waals surface area contributed by atoms with Crippen LogP contribution in [0.3, 0.4) is 0 Å². The monoisotopic (exact) mass is 308 g/mol. The molecule has 0 unspecified atom stereocenters. The molecule has 0 heterocycles. The normalized spacial score (nSPS) is 24.0. The van der Waals surface area contributed by atoms with Gasteiger partial charge in [-0.1, -0.05) is 80.9 Å². The summed E-state index contributed by atoms with van der Waals surface area (Å²) in [6, 6.07) is 20.6. The number of carbonyl (C=O) groups excluding carboxylic acids is 1. The van der Waals surface area contributed by atoms with Gasteiger partial charge in [0.1, 0.15) is 0 Å². The molecule has 3 atom stereocenters. The topological polar surface area (TPSA) is 26.3 Å². The van der Waals surface area contributed by atoms with E-state index in [-0.39, 0.29) is 23.7 Å². The summed E-state index contributed by atoms with van der Waals surface area (Å²) in [4.78, 5) is 12.6. The van der Waals surface area contributed by atoms with Crippen LogP contribution in [0, 0.1) is 11.8 Å². The Balaban J connectivity index is 1.78. The van der Waals surface area contributed by atoms with Crippen LogP contribution in [0.4, 0.5) is 0 Å². The molecule has 0 bridgehead atoms. The molecule has 0 spiro atoms. The van der Waals surface area contributed by atoms with Gasteiger partial charge < -0.3 is 4.74 Å². The highest BCUT2D eigenvalue weighted by Crippen LogP contribution is 2.60. The lowest BCUT2D eigenvalue weighted by Crippen LogP contribution is -2.14. The molecule has 3 rings (SSSR count). The lowest BCUT2D eigenvalue weighted by Gasteiger charge is -2.09. The van der Waals surface area contributed by atoms with Crippen molar-refractivity contribution in [3.63, 3.8) is 0 Å². The highest BCUT2D eigenvalue weighted by atomic mass is 16.5. The third kappa shape index (κ3) is 3.47. The van der Waals surface area contributed by atoms with Crippen LogP contribution in [0.15, 0.2) is 60.7 Å². The van der Waals surface area contributed by atoms with E-state index >= 15 is 0 Å². The van der Waals surface area contributed by atoms with Crippen LogP contribution < -0.4 is 0 Å². The maximum Gasteiger partial charge on any atom is 0.310 e. The van der Waals surface area contributed by atoms with E-state index in [0.29, 0.717) is 12.5 Å². The summed E-state index contributed by atoms with van der Waals surface area (Å²) in [5.41, 5.74) is 2.46. The molecule has 120 valence electrons. The van der Waals surface area contributed by atoms with Crippen molar-refractivity contribution in [2.45, 2.75) is 32.1 Å². The van der Waals surface area contributed by atoms with Crippen molar-refractivity contribution in [2.24, 2.45) is 11.8 Å². The maximum absolute atomic E-state index is 12.6. The number of hydrogen-bond donors (Lipinski definition) is 0. The molecular weight excluding hydrogens is 284 g/mol. The Morgan fingerprint density at radius 3 is 1.87 bits per heavy atom. The largest absolute Gasteiger partial charge is 0.465 e. The summed E-state index contributed by atoms with van der Waals surface area (Å²) in [5, 5.41) is 0. The Kier molecular flexibility index (Phi) is 4.80. The summed E-state index contributed by atoms with van der Waals surface area (Å²) < 4.78 is 5.58. The van der Waals surface area contributed by atoms with Gasteiger partial charge in [-0.05, 0) is 17.0 Å². The van der Waals surface area contributed by atoms with E-state index in [1.807, 2.05) is 36.4 Å². The zero-order valence-corrected chi connectivity index (χ0v) is 13.8. The lowest BCUT2D eigenvalue weighted by molar-refractivity contribution is -0.146. The number of ether oxygens (including phenoxy) is 1. The zero-order chi connectivity index (χ0) is 16.2. The summed E-state index contributed by atoms with van der Waals surface area (Å²) in [6.07, 6.45) is 1.03. The summed E-state index contributed by atoms with van der Waals surface area (Å²) in [5.74, 6) is 0.797. The van der Waals surface area contributed by atoms with Crippen LogP contribution >= 0.6 is 0 Å². The maximum atomic E-state index is 12.6. The fourth-order valence-electron chi connectivity index (χ4n) is 3.22. The van der Waals surface area contributed by atoms with Gasteiger partial charge in [0.15, 0.2) is 0 Å². The second-order valence-corrected chi connectivity index (χ2v) is 6.54. The molecule has 0 N–H and O–H groups in total. The minimum Gasteiger partial charge on any atom is -0.465 e. The van der Waals surface area contributed by atoms with E-state index < -0.39 is 0 Å². The van der Waals surface area contributed by atoms with Crippen LogP contribution in [0.1, 0.15) is 43.2 Å². The third-order valence-electron chi connectivity index (χ3n) is 4.87. The molecule has 0 aliphatic heterocycles. The standard InChI is InChI=1S/C21H24O2/c1-3-15(2)14-23-21(22)20-18(16-10-6-4-7-11-16)19(20)17-12-8-5-9-13-17/h4-13,15,18-20H,3,14H2,1-2H3/t15-,18+,19+/m0/s1. The average Bonchev–Trinajstić information content (AvgIpc) is 3.36. The van der Waals surface area contributed by atoms with Gasteiger partial charge in [0, 0.05) is 11.8 Å². The van der Waals surface area contributed by atoms with Crippen molar-refractivity contribution in [3.8, 4) is 0 Å². The van der Waals surface area contributed by atoms with Gasteiger partial charge in [0.05, 0.1) is 12.5 Å². The van der Waals surface area contributed by atoms with Crippen LogP contribution in [-0.2, 0) is 9.53 Å². The molecule has 0 radical (unpaired) electrons. The van der Waals surface area contributed by atoms with Gasteiger partial charge in [-0.3, -0.25) is 4.79 Å².